The van der Waals surface area contributed by atoms with Crippen molar-refractivity contribution in [3.63, 3.8) is 0 Å². The highest BCUT2D eigenvalue weighted by atomic mass is 32.1. The molecule has 0 nitrogen and oxygen atoms in total. The summed E-state index contributed by atoms with van der Waals surface area (Å²) >= 11 is 3.75. The van der Waals surface area contributed by atoms with E-state index in [9.17, 15) is 0 Å². The summed E-state index contributed by atoms with van der Waals surface area (Å²) in [4.78, 5) is 1.47. The van der Waals surface area contributed by atoms with E-state index in [1.807, 2.05) is 22.7 Å². The second-order valence-electron chi connectivity index (χ2n) is 8.79. The fraction of sp³-hybridized carbons (Fsp3) is 0.333. The Morgan fingerprint density at radius 1 is 0.692 bits per heavy atom. The zero-order chi connectivity index (χ0) is 18.9. The Balaban J connectivity index is 0.000000151. The van der Waals surface area contributed by atoms with E-state index in [2.05, 4.69) is 102 Å². The fourth-order valence-electron chi connectivity index (χ4n) is 2.91. The Kier molecular flexibility index (Phi) is 5.28. The number of fused-ring (bicyclic) bond motifs is 2. The monoisotopic (exact) mass is 380 g/mol. The molecular formula is C24H28S2. The van der Waals surface area contributed by atoms with Crippen molar-refractivity contribution < 1.29 is 0 Å². The molecule has 0 saturated heterocycles. The van der Waals surface area contributed by atoms with E-state index in [4.69, 9.17) is 0 Å². The first-order valence-corrected chi connectivity index (χ1v) is 10.8. The summed E-state index contributed by atoms with van der Waals surface area (Å²) in [6, 6.07) is 19.5. The van der Waals surface area contributed by atoms with Gasteiger partial charge in [-0.3, -0.25) is 0 Å². The van der Waals surface area contributed by atoms with Gasteiger partial charge in [-0.2, -0.15) is 0 Å². The van der Waals surface area contributed by atoms with E-state index in [1.54, 1.807) is 0 Å². The smallest absolute Gasteiger partial charge is 0.0345 e. The second-order valence-corrected chi connectivity index (χ2v) is 10.8. The Morgan fingerprint density at radius 2 is 1.31 bits per heavy atom. The van der Waals surface area contributed by atoms with E-state index in [0.717, 1.165) is 0 Å². The van der Waals surface area contributed by atoms with Crippen LogP contribution >= 0.6 is 22.7 Å². The summed E-state index contributed by atoms with van der Waals surface area (Å²) in [6.07, 6.45) is 0. The predicted octanol–water partition coefficient (Wildman–Crippen LogP) is 8.40. The standard InChI is InChI=1S/2C12H14S/c1-12(2,3)10-8-13-11-7-5-4-6-9(10)11;1-12(2,3)11-8-9-6-4-5-7-10(9)13-11/h2*4-8H,1-3H3. The highest BCUT2D eigenvalue weighted by Crippen LogP contribution is 2.35. The molecular weight excluding hydrogens is 352 g/mol. The molecule has 0 aliphatic heterocycles. The molecule has 0 aliphatic rings. The first kappa shape index (κ1) is 19.1. The lowest BCUT2D eigenvalue weighted by Crippen LogP contribution is -2.09. The topological polar surface area (TPSA) is 0 Å². The van der Waals surface area contributed by atoms with Crippen molar-refractivity contribution in [3.05, 3.63) is 70.4 Å². The number of benzene rings is 2. The first-order valence-electron chi connectivity index (χ1n) is 9.12. The van der Waals surface area contributed by atoms with E-state index in [1.165, 1.54) is 30.6 Å². The van der Waals surface area contributed by atoms with Crippen LogP contribution in [0.4, 0.5) is 0 Å². The summed E-state index contributed by atoms with van der Waals surface area (Å²) in [5.41, 5.74) is 2.01. The number of rotatable bonds is 0. The molecule has 0 N–H and O–H groups in total. The van der Waals surface area contributed by atoms with E-state index >= 15 is 0 Å². The van der Waals surface area contributed by atoms with Crippen molar-refractivity contribution in [2.24, 2.45) is 0 Å². The molecule has 0 radical (unpaired) electrons. The van der Waals surface area contributed by atoms with Crippen molar-refractivity contribution in [2.45, 2.75) is 52.4 Å². The molecule has 0 atom stereocenters. The first-order chi connectivity index (χ1) is 12.2. The van der Waals surface area contributed by atoms with Crippen LogP contribution in [0.15, 0.2) is 60.0 Å². The van der Waals surface area contributed by atoms with Crippen molar-refractivity contribution in [2.75, 3.05) is 0 Å². The summed E-state index contributed by atoms with van der Waals surface area (Å²) in [5, 5.41) is 5.07. The highest BCUT2D eigenvalue weighted by molar-refractivity contribution is 7.19. The minimum atomic E-state index is 0.263. The zero-order valence-electron chi connectivity index (χ0n) is 16.6. The molecule has 2 heteroatoms. The molecule has 4 aromatic rings. The van der Waals surface area contributed by atoms with Crippen LogP contribution in [0, 0.1) is 0 Å². The maximum atomic E-state index is 2.31. The van der Waals surface area contributed by atoms with E-state index in [0.29, 0.717) is 0 Å². The van der Waals surface area contributed by atoms with Crippen LogP contribution in [0.5, 0.6) is 0 Å². The van der Waals surface area contributed by atoms with Gasteiger partial charge in [-0.25, -0.2) is 0 Å². The van der Waals surface area contributed by atoms with Gasteiger partial charge >= 0.3 is 0 Å². The summed E-state index contributed by atoms with van der Waals surface area (Å²) in [5.74, 6) is 0. The largest absolute Gasteiger partial charge is 0.144 e. The highest BCUT2D eigenvalue weighted by Gasteiger charge is 2.17. The van der Waals surface area contributed by atoms with Crippen LogP contribution in [0.3, 0.4) is 0 Å². The molecule has 2 aromatic carbocycles. The molecule has 2 heterocycles. The molecule has 2 aromatic heterocycles. The molecule has 136 valence electrons. The molecule has 0 amide bonds. The van der Waals surface area contributed by atoms with Crippen LogP contribution in [0.25, 0.3) is 20.2 Å². The Bertz CT molecular complexity index is 962. The molecule has 4 rings (SSSR count). The fourth-order valence-corrected chi connectivity index (χ4v) is 5.22. The van der Waals surface area contributed by atoms with Crippen LogP contribution < -0.4 is 0 Å². The third-order valence-corrected chi connectivity index (χ3v) is 6.96. The third-order valence-electron chi connectivity index (χ3n) is 4.45. The van der Waals surface area contributed by atoms with Crippen LogP contribution in [-0.4, -0.2) is 0 Å². The lowest BCUT2D eigenvalue weighted by atomic mass is 9.87. The van der Waals surface area contributed by atoms with Crippen molar-refractivity contribution in [1.29, 1.82) is 0 Å². The average Bonchev–Trinajstić information content (AvgIpc) is 3.19. The Morgan fingerprint density at radius 3 is 1.92 bits per heavy atom. The Hall–Kier alpha value is -1.64. The van der Waals surface area contributed by atoms with Gasteiger partial charge in [0.25, 0.3) is 0 Å². The minimum absolute atomic E-state index is 0.263. The van der Waals surface area contributed by atoms with Gasteiger partial charge in [0.2, 0.25) is 0 Å². The van der Waals surface area contributed by atoms with Gasteiger partial charge in [-0.1, -0.05) is 77.9 Å². The molecule has 0 unspecified atom stereocenters. The van der Waals surface area contributed by atoms with Gasteiger partial charge < -0.3 is 0 Å². The van der Waals surface area contributed by atoms with Gasteiger partial charge in [0.15, 0.2) is 0 Å². The number of hydrogen-bond acceptors (Lipinski definition) is 2. The van der Waals surface area contributed by atoms with Crippen LogP contribution in [-0.2, 0) is 10.8 Å². The van der Waals surface area contributed by atoms with E-state index in [-0.39, 0.29) is 10.8 Å². The van der Waals surface area contributed by atoms with Crippen molar-refractivity contribution >= 4 is 42.8 Å². The third kappa shape index (κ3) is 4.19. The molecule has 0 saturated carbocycles. The molecule has 0 bridgehead atoms. The lowest BCUT2D eigenvalue weighted by Gasteiger charge is -2.17. The maximum Gasteiger partial charge on any atom is 0.0345 e. The van der Waals surface area contributed by atoms with Gasteiger partial charge in [0.1, 0.15) is 0 Å². The van der Waals surface area contributed by atoms with Gasteiger partial charge in [0, 0.05) is 14.3 Å². The lowest BCUT2D eigenvalue weighted by molar-refractivity contribution is 0.598. The second kappa shape index (κ2) is 7.17. The van der Waals surface area contributed by atoms with Gasteiger partial charge in [0.05, 0.1) is 0 Å². The summed E-state index contributed by atoms with van der Waals surface area (Å²) in [6.45, 7) is 13.6. The summed E-state index contributed by atoms with van der Waals surface area (Å²) in [7, 11) is 0. The Labute approximate surface area is 165 Å². The van der Waals surface area contributed by atoms with E-state index < -0.39 is 0 Å². The SMILES string of the molecule is CC(C)(C)c1cc2ccccc2s1.CC(C)(C)c1csc2ccccc12. The van der Waals surface area contributed by atoms with Gasteiger partial charge in [-0.15, -0.1) is 22.7 Å². The van der Waals surface area contributed by atoms with Crippen LogP contribution in [0.2, 0.25) is 0 Å². The number of hydrogen-bond donors (Lipinski definition) is 0. The summed E-state index contributed by atoms with van der Waals surface area (Å²) < 4.78 is 2.79. The predicted molar refractivity (Wildman–Crippen MR) is 121 cm³/mol. The van der Waals surface area contributed by atoms with Gasteiger partial charge in [-0.05, 0) is 50.7 Å². The molecule has 26 heavy (non-hydrogen) atoms. The van der Waals surface area contributed by atoms with Crippen molar-refractivity contribution in [1.82, 2.24) is 0 Å². The van der Waals surface area contributed by atoms with Crippen molar-refractivity contribution in [3.8, 4) is 0 Å². The quantitative estimate of drug-likeness (QED) is 0.287. The normalized spacial score (nSPS) is 12.2. The molecule has 0 aliphatic carbocycles. The zero-order valence-corrected chi connectivity index (χ0v) is 18.2. The maximum absolute atomic E-state index is 2.31. The molecule has 0 spiro atoms. The molecule has 0 fully saturated rings. The minimum Gasteiger partial charge on any atom is -0.144 e. The van der Waals surface area contributed by atoms with Crippen LogP contribution in [0.1, 0.15) is 52.0 Å². The number of thiophene rings is 2. The average molecular weight is 381 g/mol.